The van der Waals surface area contributed by atoms with Gasteiger partial charge in [-0.1, -0.05) is 0 Å². The third-order valence-electron chi connectivity index (χ3n) is 3.97. The van der Waals surface area contributed by atoms with Crippen LogP contribution in [0.4, 0.5) is 11.5 Å². The largest absolute Gasteiger partial charge is 0.365 e. The van der Waals surface area contributed by atoms with Crippen LogP contribution in [0.1, 0.15) is 20.7 Å². The number of anilines is 2. The molecule has 1 saturated heterocycles. The molecule has 2 aromatic rings. The first kappa shape index (κ1) is 17.3. The number of rotatable bonds is 4. The second-order valence-electron chi connectivity index (χ2n) is 5.73. The lowest BCUT2D eigenvalue weighted by atomic mass is 10.1. The summed E-state index contributed by atoms with van der Waals surface area (Å²) in [5.74, 6) is 0.0649. The highest BCUT2D eigenvalue weighted by Gasteiger charge is 2.26. The molecule has 0 aliphatic carbocycles. The number of amides is 2. The molecular weight excluding hydrogens is 346 g/mol. The molecule has 6 N–H and O–H groups in total. The van der Waals surface area contributed by atoms with Crippen LogP contribution in [0.3, 0.4) is 0 Å². The van der Waals surface area contributed by atoms with Gasteiger partial charge in [0, 0.05) is 24.3 Å². The number of aromatic amines is 1. The van der Waals surface area contributed by atoms with Crippen LogP contribution < -0.4 is 11.1 Å². The van der Waals surface area contributed by atoms with Crippen molar-refractivity contribution in [2.24, 2.45) is 5.73 Å². The number of carbonyl (C=O) groups excluding carboxylic acids is 2. The van der Waals surface area contributed by atoms with Crippen LogP contribution in [0, 0.1) is 0 Å². The summed E-state index contributed by atoms with van der Waals surface area (Å²) >= 11 is 0. The lowest BCUT2D eigenvalue weighted by Gasteiger charge is -2.40. The molecule has 1 aromatic heterocycles. The average molecular weight is 365 g/mol. The Hall–Kier alpha value is -2.56. The molecule has 1 fully saturated rings. The van der Waals surface area contributed by atoms with Crippen molar-refractivity contribution >= 4 is 33.9 Å². The van der Waals surface area contributed by atoms with E-state index in [1.165, 1.54) is 6.20 Å². The molecule has 0 bridgehead atoms. The maximum Gasteiger partial charge on any atom is 0.254 e. The Balaban J connectivity index is 1.67. The Morgan fingerprint density at radius 3 is 2.44 bits per heavy atom. The van der Waals surface area contributed by atoms with Gasteiger partial charge in [-0.2, -0.15) is 15.7 Å². The quantitative estimate of drug-likeness (QED) is 0.555. The lowest BCUT2D eigenvalue weighted by Crippen LogP contribution is -2.42. The summed E-state index contributed by atoms with van der Waals surface area (Å²) in [6.07, 6.45) is 1.34. The number of H-pyrrole nitrogens is 1. The van der Waals surface area contributed by atoms with Gasteiger partial charge in [-0.05, 0) is 24.3 Å². The minimum atomic E-state index is -2.53. The third-order valence-corrected chi connectivity index (χ3v) is 5.64. The topological polar surface area (TPSA) is 145 Å². The van der Waals surface area contributed by atoms with Crippen LogP contribution in [0.15, 0.2) is 30.5 Å². The first-order valence-corrected chi connectivity index (χ1v) is 9.47. The van der Waals surface area contributed by atoms with E-state index in [9.17, 15) is 18.7 Å². The van der Waals surface area contributed by atoms with Crippen molar-refractivity contribution in [3.05, 3.63) is 41.6 Å². The van der Waals surface area contributed by atoms with Gasteiger partial charge < -0.3 is 16.0 Å². The zero-order valence-electron chi connectivity index (χ0n) is 13.3. The van der Waals surface area contributed by atoms with Crippen molar-refractivity contribution in [2.75, 3.05) is 29.9 Å². The molecule has 25 heavy (non-hydrogen) atoms. The van der Waals surface area contributed by atoms with Crippen LogP contribution in [0.25, 0.3) is 0 Å². The second kappa shape index (κ2) is 6.75. The van der Waals surface area contributed by atoms with Gasteiger partial charge in [0.05, 0.1) is 17.7 Å². The molecule has 0 radical (unpaired) electrons. The number of hydrogen-bond donors (Lipinski definition) is 5. The number of nitrogens with zero attached hydrogens (tertiary/aromatic N) is 2. The smallest absolute Gasteiger partial charge is 0.254 e. The van der Waals surface area contributed by atoms with Gasteiger partial charge >= 0.3 is 0 Å². The van der Waals surface area contributed by atoms with E-state index in [4.69, 9.17) is 5.73 Å². The van der Waals surface area contributed by atoms with Crippen LogP contribution in [0.2, 0.25) is 0 Å². The molecule has 134 valence electrons. The van der Waals surface area contributed by atoms with E-state index < -0.39 is 16.5 Å². The second-order valence-corrected chi connectivity index (χ2v) is 8.15. The predicted molar refractivity (Wildman–Crippen MR) is 95.3 cm³/mol. The van der Waals surface area contributed by atoms with Crippen LogP contribution in [-0.4, -0.2) is 60.6 Å². The minimum Gasteiger partial charge on any atom is -0.365 e. The number of aromatic nitrogens is 2. The van der Waals surface area contributed by atoms with Crippen LogP contribution >= 0.6 is 10.6 Å². The normalized spacial score (nSPS) is 17.8. The van der Waals surface area contributed by atoms with E-state index in [0.29, 0.717) is 30.2 Å². The van der Waals surface area contributed by atoms with Crippen LogP contribution in [-0.2, 0) is 0 Å². The third kappa shape index (κ3) is 3.92. The first-order valence-electron chi connectivity index (χ1n) is 7.59. The molecule has 9 nitrogen and oxygen atoms in total. The van der Waals surface area contributed by atoms with E-state index in [1.807, 2.05) is 0 Å². The highest BCUT2D eigenvalue weighted by atomic mass is 32.3. The highest BCUT2D eigenvalue weighted by molar-refractivity contribution is 8.24. The molecule has 1 aliphatic rings. The zero-order valence-corrected chi connectivity index (χ0v) is 14.1. The van der Waals surface area contributed by atoms with E-state index in [-0.39, 0.29) is 23.0 Å². The molecule has 2 amide bonds. The molecule has 3 rings (SSSR count). The average Bonchev–Trinajstić information content (AvgIpc) is 3.03. The molecule has 1 aromatic carbocycles. The molecule has 0 unspecified atom stereocenters. The number of hydrogen-bond acceptors (Lipinski definition) is 6. The molecule has 1 aliphatic heterocycles. The fourth-order valence-electron chi connectivity index (χ4n) is 2.52. The fraction of sp³-hybridized carbons (Fsp3) is 0.267. The maximum atomic E-state index is 12.5. The number of primary amides is 1. The maximum absolute atomic E-state index is 12.5. The van der Waals surface area contributed by atoms with Crippen molar-refractivity contribution in [1.82, 2.24) is 15.1 Å². The SMILES string of the molecule is NC(=O)c1cn[nH]c1Nc1ccc(C(=O)N2CCS(O)(O)CC2)cc1. The Morgan fingerprint density at radius 2 is 1.84 bits per heavy atom. The van der Waals surface area contributed by atoms with Crippen molar-refractivity contribution < 1.29 is 18.7 Å². The number of nitrogens with one attached hydrogen (secondary N) is 2. The van der Waals surface area contributed by atoms with E-state index in [2.05, 4.69) is 15.5 Å². The highest BCUT2D eigenvalue weighted by Crippen LogP contribution is 2.40. The predicted octanol–water partition coefficient (Wildman–Crippen LogP) is 1.46. The molecule has 0 saturated carbocycles. The van der Waals surface area contributed by atoms with Gasteiger partial charge in [-0.3, -0.25) is 23.8 Å². The summed E-state index contributed by atoms with van der Waals surface area (Å²) in [4.78, 5) is 25.3. The van der Waals surface area contributed by atoms with Gasteiger partial charge in [0.1, 0.15) is 11.4 Å². The molecule has 10 heteroatoms. The Morgan fingerprint density at radius 1 is 1.20 bits per heavy atom. The summed E-state index contributed by atoms with van der Waals surface area (Å²) in [6, 6.07) is 6.74. The zero-order chi connectivity index (χ0) is 18.0. The monoisotopic (exact) mass is 365 g/mol. The number of benzene rings is 1. The van der Waals surface area contributed by atoms with Gasteiger partial charge in [0.25, 0.3) is 11.8 Å². The van der Waals surface area contributed by atoms with Gasteiger partial charge in [0.15, 0.2) is 0 Å². The van der Waals surface area contributed by atoms with Crippen molar-refractivity contribution in [1.29, 1.82) is 0 Å². The van der Waals surface area contributed by atoms with Crippen molar-refractivity contribution in [2.45, 2.75) is 0 Å². The molecule has 2 heterocycles. The number of nitrogens with two attached hydrogens (primary N) is 1. The Bertz CT molecular complexity index is 779. The van der Waals surface area contributed by atoms with Crippen molar-refractivity contribution in [3.8, 4) is 0 Å². The summed E-state index contributed by atoms with van der Waals surface area (Å²) in [6.45, 7) is 0.661. The van der Waals surface area contributed by atoms with Crippen LogP contribution in [0.5, 0.6) is 0 Å². The summed E-state index contributed by atoms with van der Waals surface area (Å²) in [5.41, 5.74) is 6.66. The van der Waals surface area contributed by atoms with E-state index in [1.54, 1.807) is 29.2 Å². The van der Waals surface area contributed by atoms with Gasteiger partial charge in [-0.15, -0.1) is 0 Å². The minimum absolute atomic E-state index is 0.152. The summed E-state index contributed by atoms with van der Waals surface area (Å²) in [5, 5.41) is 9.40. The van der Waals surface area contributed by atoms with E-state index >= 15 is 0 Å². The molecular formula is C15H19N5O4S. The Labute approximate surface area is 145 Å². The van der Waals surface area contributed by atoms with Gasteiger partial charge in [-0.25, -0.2) is 0 Å². The Kier molecular flexibility index (Phi) is 4.66. The van der Waals surface area contributed by atoms with Crippen molar-refractivity contribution in [3.63, 3.8) is 0 Å². The first-order chi connectivity index (χ1) is 11.9. The lowest BCUT2D eigenvalue weighted by molar-refractivity contribution is 0.0767. The number of carbonyl (C=O) groups is 2. The fourth-order valence-corrected chi connectivity index (χ4v) is 3.75. The van der Waals surface area contributed by atoms with E-state index in [0.717, 1.165) is 0 Å². The van der Waals surface area contributed by atoms with Gasteiger partial charge in [0.2, 0.25) is 0 Å². The molecule has 0 spiro atoms. The summed E-state index contributed by atoms with van der Waals surface area (Å²) in [7, 11) is -2.53. The molecule has 0 atom stereocenters. The summed E-state index contributed by atoms with van der Waals surface area (Å²) < 4.78 is 19.2. The standard InChI is InChI=1S/C15H19N5O4S/c16-13(21)12-9-17-19-14(12)18-11-3-1-10(2-4-11)15(22)20-5-7-25(23,24)8-6-20/h1-4,9,23-24H,5-8H2,(H2,16,21)(H2,17,18,19).